The van der Waals surface area contributed by atoms with Crippen molar-refractivity contribution in [2.75, 3.05) is 6.54 Å². The van der Waals surface area contributed by atoms with E-state index in [-0.39, 0.29) is 0 Å². The molecule has 0 fully saturated rings. The van der Waals surface area contributed by atoms with Crippen LogP contribution in [-0.4, -0.2) is 20.9 Å². The van der Waals surface area contributed by atoms with E-state index in [9.17, 15) is 0 Å². The van der Waals surface area contributed by atoms with Crippen LogP contribution < -0.4 is 5.32 Å². The van der Waals surface area contributed by atoms with E-state index in [0.717, 1.165) is 42.3 Å². The molecule has 0 bridgehead atoms. The van der Waals surface area contributed by atoms with Gasteiger partial charge in [-0.05, 0) is 43.1 Å². The van der Waals surface area contributed by atoms with E-state index >= 15 is 0 Å². The van der Waals surface area contributed by atoms with Crippen LogP contribution in [0.1, 0.15) is 23.9 Å². The van der Waals surface area contributed by atoms with Crippen LogP contribution in [0.4, 0.5) is 0 Å². The summed E-state index contributed by atoms with van der Waals surface area (Å²) in [7, 11) is 0. The molecule has 3 heterocycles. The van der Waals surface area contributed by atoms with Crippen LogP contribution >= 0.6 is 11.6 Å². The van der Waals surface area contributed by atoms with Crippen molar-refractivity contribution in [1.82, 2.24) is 19.7 Å². The van der Waals surface area contributed by atoms with Gasteiger partial charge >= 0.3 is 0 Å². The number of rotatable bonds is 6. The second kappa shape index (κ2) is 6.90. The molecule has 3 rings (SSSR count). The zero-order chi connectivity index (χ0) is 15.4. The normalized spacial score (nSPS) is 11.2. The Kier molecular flexibility index (Phi) is 4.71. The number of aromatic nitrogens is 3. The molecule has 0 amide bonds. The van der Waals surface area contributed by atoms with Crippen LogP contribution in [0, 0.1) is 0 Å². The molecule has 0 saturated carbocycles. The van der Waals surface area contributed by atoms with Crippen LogP contribution in [-0.2, 0) is 19.4 Å². The van der Waals surface area contributed by atoms with Crippen molar-refractivity contribution in [3.05, 3.63) is 64.8 Å². The van der Waals surface area contributed by atoms with Crippen LogP contribution in [0.5, 0.6) is 0 Å². The molecule has 1 N–H and O–H groups in total. The van der Waals surface area contributed by atoms with Gasteiger partial charge in [-0.2, -0.15) is 0 Å². The van der Waals surface area contributed by atoms with Crippen LogP contribution in [0.2, 0.25) is 5.02 Å². The molecule has 0 unspecified atom stereocenters. The molecule has 0 radical (unpaired) electrons. The molecular formula is C17H19ClN4. The zero-order valence-electron chi connectivity index (χ0n) is 12.6. The van der Waals surface area contributed by atoms with Crippen molar-refractivity contribution in [3.8, 4) is 0 Å². The SMILES string of the molecule is CCc1nc2ccc(Cl)cn2c1CNCCc1cccnc1. The van der Waals surface area contributed by atoms with Gasteiger partial charge in [0.15, 0.2) is 0 Å². The Morgan fingerprint density at radius 2 is 2.18 bits per heavy atom. The van der Waals surface area contributed by atoms with Crippen molar-refractivity contribution in [2.45, 2.75) is 26.3 Å². The standard InChI is InChI=1S/C17H19ClN4/c1-2-15-16(22-12-14(18)5-6-17(22)21-15)11-20-9-7-13-4-3-8-19-10-13/h3-6,8,10,12,20H,2,7,9,11H2,1H3. The van der Waals surface area contributed by atoms with E-state index < -0.39 is 0 Å². The van der Waals surface area contributed by atoms with E-state index in [0.29, 0.717) is 0 Å². The lowest BCUT2D eigenvalue weighted by Crippen LogP contribution is -2.18. The van der Waals surface area contributed by atoms with Gasteiger partial charge in [-0.3, -0.25) is 4.98 Å². The Labute approximate surface area is 135 Å². The van der Waals surface area contributed by atoms with E-state index in [1.807, 2.05) is 30.6 Å². The molecule has 3 aromatic rings. The zero-order valence-corrected chi connectivity index (χ0v) is 13.3. The van der Waals surface area contributed by atoms with E-state index in [4.69, 9.17) is 11.6 Å². The predicted octanol–water partition coefficient (Wildman–Crippen LogP) is 3.28. The molecule has 0 spiro atoms. The number of aryl methyl sites for hydroxylation is 1. The molecule has 0 saturated heterocycles. The lowest BCUT2D eigenvalue weighted by Gasteiger charge is -2.07. The Balaban J connectivity index is 1.69. The molecule has 22 heavy (non-hydrogen) atoms. The van der Waals surface area contributed by atoms with E-state index in [1.165, 1.54) is 11.3 Å². The van der Waals surface area contributed by atoms with Crippen LogP contribution in [0.25, 0.3) is 5.65 Å². The van der Waals surface area contributed by atoms with Gasteiger partial charge in [0.2, 0.25) is 0 Å². The van der Waals surface area contributed by atoms with Gasteiger partial charge in [-0.1, -0.05) is 24.6 Å². The maximum Gasteiger partial charge on any atom is 0.137 e. The molecule has 3 aromatic heterocycles. The number of hydrogen-bond donors (Lipinski definition) is 1. The van der Waals surface area contributed by atoms with Crippen molar-refractivity contribution >= 4 is 17.2 Å². The van der Waals surface area contributed by atoms with Gasteiger partial charge in [-0.15, -0.1) is 0 Å². The molecule has 114 valence electrons. The summed E-state index contributed by atoms with van der Waals surface area (Å²) in [5.74, 6) is 0. The molecule has 0 aliphatic carbocycles. The summed E-state index contributed by atoms with van der Waals surface area (Å²) in [6.07, 6.45) is 7.52. The fourth-order valence-electron chi connectivity index (χ4n) is 2.57. The topological polar surface area (TPSA) is 42.2 Å². The number of halogens is 1. The molecule has 0 atom stereocenters. The number of imidazole rings is 1. The second-order valence-electron chi connectivity index (χ2n) is 5.22. The third kappa shape index (κ3) is 3.29. The van der Waals surface area contributed by atoms with Gasteiger partial charge in [0.1, 0.15) is 5.65 Å². The molecule has 0 aliphatic rings. The molecular weight excluding hydrogens is 296 g/mol. The highest BCUT2D eigenvalue weighted by molar-refractivity contribution is 6.30. The summed E-state index contributed by atoms with van der Waals surface area (Å²) in [6, 6.07) is 7.90. The lowest BCUT2D eigenvalue weighted by molar-refractivity contribution is 0.665. The average molecular weight is 315 g/mol. The monoisotopic (exact) mass is 314 g/mol. The molecule has 0 aromatic carbocycles. The molecule has 5 heteroatoms. The first kappa shape index (κ1) is 15.0. The fourth-order valence-corrected chi connectivity index (χ4v) is 2.73. The Bertz CT molecular complexity index is 752. The Morgan fingerprint density at radius 1 is 1.27 bits per heavy atom. The third-order valence-electron chi connectivity index (χ3n) is 3.70. The maximum absolute atomic E-state index is 6.11. The fraction of sp³-hybridized carbons (Fsp3) is 0.294. The Morgan fingerprint density at radius 3 is 2.95 bits per heavy atom. The highest BCUT2D eigenvalue weighted by Gasteiger charge is 2.10. The summed E-state index contributed by atoms with van der Waals surface area (Å²) < 4.78 is 2.08. The number of nitrogens with one attached hydrogen (secondary N) is 1. The second-order valence-corrected chi connectivity index (χ2v) is 5.66. The highest BCUT2D eigenvalue weighted by atomic mass is 35.5. The smallest absolute Gasteiger partial charge is 0.137 e. The van der Waals surface area contributed by atoms with Crippen molar-refractivity contribution in [1.29, 1.82) is 0 Å². The summed E-state index contributed by atoms with van der Waals surface area (Å²) in [4.78, 5) is 8.80. The van der Waals surface area contributed by atoms with Gasteiger partial charge in [0.05, 0.1) is 16.4 Å². The van der Waals surface area contributed by atoms with Gasteiger partial charge in [0.25, 0.3) is 0 Å². The summed E-state index contributed by atoms with van der Waals surface area (Å²) in [5, 5.41) is 4.22. The number of pyridine rings is 2. The average Bonchev–Trinajstić information content (AvgIpc) is 2.89. The summed E-state index contributed by atoms with van der Waals surface area (Å²) >= 11 is 6.11. The third-order valence-corrected chi connectivity index (χ3v) is 3.93. The number of hydrogen-bond acceptors (Lipinski definition) is 3. The molecule has 0 aliphatic heterocycles. The quantitative estimate of drug-likeness (QED) is 0.710. The minimum atomic E-state index is 0.726. The molecule has 4 nitrogen and oxygen atoms in total. The predicted molar refractivity (Wildman–Crippen MR) is 89.2 cm³/mol. The van der Waals surface area contributed by atoms with Crippen LogP contribution in [0.15, 0.2) is 42.9 Å². The van der Waals surface area contributed by atoms with Crippen molar-refractivity contribution in [3.63, 3.8) is 0 Å². The van der Waals surface area contributed by atoms with E-state index in [2.05, 4.69) is 32.7 Å². The first-order valence-electron chi connectivity index (χ1n) is 7.53. The minimum Gasteiger partial charge on any atom is -0.311 e. The maximum atomic E-state index is 6.11. The number of fused-ring (bicyclic) bond motifs is 1. The highest BCUT2D eigenvalue weighted by Crippen LogP contribution is 2.17. The summed E-state index contributed by atoms with van der Waals surface area (Å²) in [6.45, 7) is 3.82. The van der Waals surface area contributed by atoms with Crippen LogP contribution in [0.3, 0.4) is 0 Å². The first-order valence-corrected chi connectivity index (χ1v) is 7.90. The summed E-state index contributed by atoms with van der Waals surface area (Å²) in [5.41, 5.74) is 4.50. The lowest BCUT2D eigenvalue weighted by atomic mass is 10.2. The minimum absolute atomic E-state index is 0.726. The van der Waals surface area contributed by atoms with Gasteiger partial charge < -0.3 is 9.72 Å². The largest absolute Gasteiger partial charge is 0.311 e. The van der Waals surface area contributed by atoms with Crippen molar-refractivity contribution < 1.29 is 0 Å². The number of nitrogens with zero attached hydrogens (tertiary/aromatic N) is 3. The van der Waals surface area contributed by atoms with Crippen molar-refractivity contribution in [2.24, 2.45) is 0 Å². The van der Waals surface area contributed by atoms with Gasteiger partial charge in [0, 0.05) is 25.1 Å². The Hall–Kier alpha value is -1.91. The van der Waals surface area contributed by atoms with E-state index in [1.54, 1.807) is 6.20 Å². The van der Waals surface area contributed by atoms with Gasteiger partial charge in [-0.25, -0.2) is 4.98 Å². The first-order chi connectivity index (χ1) is 10.8.